The molecule has 25 heavy (non-hydrogen) atoms. The van der Waals surface area contributed by atoms with E-state index in [0.717, 1.165) is 18.4 Å². The second-order valence-electron chi connectivity index (χ2n) is 5.19. The highest BCUT2D eigenvalue weighted by Gasteiger charge is 2.27. The molecule has 2 amide bonds. The third-order valence-corrected chi connectivity index (χ3v) is 3.26. The van der Waals surface area contributed by atoms with Crippen molar-refractivity contribution in [3.8, 4) is 0 Å². The van der Waals surface area contributed by atoms with Crippen molar-refractivity contribution >= 4 is 12.0 Å². The van der Waals surface area contributed by atoms with Gasteiger partial charge >= 0.3 is 6.09 Å². The van der Waals surface area contributed by atoms with Gasteiger partial charge in [-0.05, 0) is 25.8 Å². The van der Waals surface area contributed by atoms with Crippen LogP contribution in [0.1, 0.15) is 39.2 Å². The Labute approximate surface area is 152 Å². The summed E-state index contributed by atoms with van der Waals surface area (Å²) in [7, 11) is 1.00. The Balaban J connectivity index is 0. The zero-order chi connectivity index (χ0) is 19.7. The topological polar surface area (TPSA) is 92.9 Å². The molecule has 6 nitrogen and oxygen atoms in total. The van der Waals surface area contributed by atoms with Crippen molar-refractivity contribution in [1.82, 2.24) is 4.90 Å². The molecule has 1 saturated heterocycles. The lowest BCUT2D eigenvalue weighted by atomic mass is 10.1. The molecule has 0 bridgehead atoms. The number of benzene rings is 1. The monoisotopic (exact) mass is 354 g/mol. The maximum Gasteiger partial charge on any atom is 0.416 e. The Bertz CT molecular complexity index is 452. The highest BCUT2D eigenvalue weighted by molar-refractivity contribution is 5.92. The summed E-state index contributed by atoms with van der Waals surface area (Å²) in [5, 5.41) is 7.00. The number of hydrogen-bond acceptors (Lipinski definition) is 5. The van der Waals surface area contributed by atoms with Gasteiger partial charge in [-0.2, -0.15) is 0 Å². The quantitative estimate of drug-likeness (QED) is 0.867. The molecular weight excluding hydrogens is 320 g/mol. The third-order valence-electron chi connectivity index (χ3n) is 3.26. The molecule has 1 aliphatic rings. The number of aryl methyl sites for hydroxylation is 1. The van der Waals surface area contributed by atoms with Crippen LogP contribution in [-0.2, 0) is 9.53 Å². The van der Waals surface area contributed by atoms with Crippen LogP contribution in [0.15, 0.2) is 30.3 Å². The first kappa shape index (κ1) is 25.3. The molecule has 0 aromatic heterocycles. The smallest absolute Gasteiger partial charge is 0.416 e. The van der Waals surface area contributed by atoms with Crippen molar-refractivity contribution in [2.24, 2.45) is 11.7 Å². The number of cyclic esters (lactones) is 1. The number of aliphatic hydroxyl groups excluding tert-OH is 1. The van der Waals surface area contributed by atoms with Crippen molar-refractivity contribution in [3.63, 3.8) is 0 Å². The zero-order valence-electron chi connectivity index (χ0n) is 16.2. The summed E-state index contributed by atoms with van der Waals surface area (Å²) >= 11 is 0. The van der Waals surface area contributed by atoms with Crippen LogP contribution < -0.4 is 5.73 Å². The number of carbonyl (C=O) groups is 2. The minimum Gasteiger partial charge on any atom is -0.447 e. The average Bonchev–Trinajstić information content (AvgIpc) is 3.10. The number of hydrogen-bond donors (Lipinski definition) is 2. The van der Waals surface area contributed by atoms with Gasteiger partial charge < -0.3 is 15.6 Å². The second-order valence-corrected chi connectivity index (χ2v) is 5.19. The van der Waals surface area contributed by atoms with Crippen molar-refractivity contribution in [2.45, 2.75) is 40.5 Å². The van der Waals surface area contributed by atoms with Gasteiger partial charge in [-0.3, -0.25) is 4.79 Å². The zero-order valence-corrected chi connectivity index (χ0v) is 16.2. The number of aliphatic hydroxyl groups is 1. The third kappa shape index (κ3) is 12.1. The summed E-state index contributed by atoms with van der Waals surface area (Å²) in [6, 6.07) is 10.3. The number of rotatable bonds is 4. The van der Waals surface area contributed by atoms with Crippen LogP contribution in [0.4, 0.5) is 4.79 Å². The maximum atomic E-state index is 11.5. The average molecular weight is 354 g/mol. The summed E-state index contributed by atoms with van der Waals surface area (Å²) in [4.78, 5) is 23.6. The Morgan fingerprint density at radius 1 is 1.28 bits per heavy atom. The largest absolute Gasteiger partial charge is 0.447 e. The lowest BCUT2D eigenvalue weighted by molar-refractivity contribution is -0.128. The fourth-order valence-electron chi connectivity index (χ4n) is 1.78. The van der Waals surface area contributed by atoms with Crippen LogP contribution in [-0.4, -0.2) is 48.8 Å². The molecule has 2 rings (SSSR count). The Morgan fingerprint density at radius 2 is 1.84 bits per heavy atom. The predicted molar refractivity (Wildman–Crippen MR) is 101 cm³/mol. The summed E-state index contributed by atoms with van der Waals surface area (Å²) in [5.74, 6) is 0.158. The molecule has 0 aliphatic carbocycles. The van der Waals surface area contributed by atoms with Crippen LogP contribution in [0.25, 0.3) is 0 Å². The van der Waals surface area contributed by atoms with Gasteiger partial charge in [-0.1, -0.05) is 56.7 Å². The van der Waals surface area contributed by atoms with Crippen LogP contribution in [0, 0.1) is 12.8 Å². The van der Waals surface area contributed by atoms with E-state index < -0.39 is 6.09 Å². The summed E-state index contributed by atoms with van der Waals surface area (Å²) in [6.45, 7) is 9.33. The molecule has 1 fully saturated rings. The van der Waals surface area contributed by atoms with Gasteiger partial charge in [0.1, 0.15) is 6.61 Å². The van der Waals surface area contributed by atoms with E-state index in [0.29, 0.717) is 32.0 Å². The lowest BCUT2D eigenvalue weighted by Gasteiger charge is -2.12. The van der Waals surface area contributed by atoms with Crippen molar-refractivity contribution in [1.29, 1.82) is 0 Å². The van der Waals surface area contributed by atoms with Gasteiger partial charge in [0.25, 0.3) is 0 Å². The number of carbonyl (C=O) groups excluding carboxylic acids is 2. The van der Waals surface area contributed by atoms with Gasteiger partial charge in [-0.25, -0.2) is 9.69 Å². The van der Waals surface area contributed by atoms with Gasteiger partial charge in [0.15, 0.2) is 0 Å². The number of ether oxygens (including phenoxy) is 1. The van der Waals surface area contributed by atoms with Gasteiger partial charge in [0, 0.05) is 13.5 Å². The number of amides is 2. The minimum absolute atomic E-state index is 0.159. The molecule has 0 saturated carbocycles. The first-order valence-electron chi connectivity index (χ1n) is 8.68. The van der Waals surface area contributed by atoms with Crippen molar-refractivity contribution < 1.29 is 19.4 Å². The van der Waals surface area contributed by atoms with Crippen LogP contribution in [0.3, 0.4) is 0 Å². The normalized spacial score (nSPS) is 13.1. The first-order chi connectivity index (χ1) is 12.0. The summed E-state index contributed by atoms with van der Waals surface area (Å²) in [6.07, 6.45) is 0.572. The van der Waals surface area contributed by atoms with Gasteiger partial charge in [0.2, 0.25) is 5.91 Å². The van der Waals surface area contributed by atoms with E-state index in [-0.39, 0.29) is 5.91 Å². The molecule has 144 valence electrons. The van der Waals surface area contributed by atoms with Crippen LogP contribution in [0.2, 0.25) is 0 Å². The summed E-state index contributed by atoms with van der Waals surface area (Å²) < 4.78 is 4.66. The van der Waals surface area contributed by atoms with Crippen molar-refractivity contribution in [2.75, 3.05) is 26.8 Å². The van der Waals surface area contributed by atoms with Gasteiger partial charge in [-0.15, -0.1) is 0 Å². The maximum absolute atomic E-state index is 11.5. The van der Waals surface area contributed by atoms with Crippen LogP contribution in [0.5, 0.6) is 0 Å². The number of nitrogens with two attached hydrogens (primary N) is 1. The Hall–Kier alpha value is -1.92. The first-order valence-corrected chi connectivity index (χ1v) is 8.68. The fourth-order valence-corrected chi connectivity index (χ4v) is 1.78. The molecular formula is C19H34N2O4. The molecule has 3 N–H and O–H groups in total. The molecule has 0 spiro atoms. The molecule has 1 aromatic rings. The van der Waals surface area contributed by atoms with Crippen molar-refractivity contribution in [3.05, 3.63) is 35.9 Å². The summed E-state index contributed by atoms with van der Waals surface area (Å²) in [5.41, 5.74) is 6.74. The van der Waals surface area contributed by atoms with E-state index in [1.54, 1.807) is 0 Å². The van der Waals surface area contributed by atoms with Crippen LogP contribution >= 0.6 is 0 Å². The SMILES string of the molecule is CC.CO.C[C@@H](CN)CCC(=O)N1CCOC1=O.Cc1ccccc1. The molecule has 0 unspecified atom stereocenters. The van der Waals surface area contributed by atoms with Gasteiger partial charge in [0.05, 0.1) is 6.54 Å². The highest BCUT2D eigenvalue weighted by atomic mass is 16.6. The molecule has 0 radical (unpaired) electrons. The number of nitrogens with zero attached hydrogens (tertiary/aromatic N) is 1. The molecule has 1 heterocycles. The second kappa shape index (κ2) is 16.9. The lowest BCUT2D eigenvalue weighted by Crippen LogP contribution is -2.31. The highest BCUT2D eigenvalue weighted by Crippen LogP contribution is 2.10. The standard InChI is InChI=1S/C9H16N2O3.C7H8.C2H6.CH4O/c1-7(6-10)2-3-8(12)11-4-5-14-9(11)13;1-7-5-3-2-4-6-7;2*1-2/h7H,2-6,10H2,1H3;2-6H,1H3;1-2H3;2H,1H3/t7-;;;/m1.../s1. The predicted octanol–water partition coefficient (Wildman–Crippen LogP) is 2.97. The Morgan fingerprint density at radius 3 is 2.20 bits per heavy atom. The molecule has 6 heteroatoms. The molecule has 1 aromatic carbocycles. The molecule has 1 atom stereocenters. The van der Waals surface area contributed by atoms with E-state index in [2.05, 4.69) is 23.8 Å². The van der Waals surface area contributed by atoms with E-state index in [1.165, 1.54) is 5.56 Å². The van der Waals surface area contributed by atoms with E-state index >= 15 is 0 Å². The van der Waals surface area contributed by atoms with E-state index in [1.807, 2.05) is 39.0 Å². The fraction of sp³-hybridized carbons (Fsp3) is 0.579. The van der Waals surface area contributed by atoms with E-state index in [4.69, 9.17) is 10.8 Å². The van der Waals surface area contributed by atoms with E-state index in [9.17, 15) is 9.59 Å². The number of imide groups is 1. The molecule has 1 aliphatic heterocycles. The Kier molecular flexibility index (Phi) is 17.1. The minimum atomic E-state index is -0.518.